The normalized spacial score (nSPS) is 9.75. The van der Waals surface area contributed by atoms with Gasteiger partial charge >= 0.3 is 0 Å². The molecule has 1 aromatic rings. The highest BCUT2D eigenvalue weighted by Crippen LogP contribution is 2.26. The second-order valence-corrected chi connectivity index (χ2v) is 2.51. The van der Waals surface area contributed by atoms with Crippen LogP contribution in [0, 0.1) is 0 Å². The highest BCUT2D eigenvalue weighted by Gasteiger charge is 2.03. The number of nitrogens with two attached hydrogens (primary N) is 1. The zero-order valence-corrected chi connectivity index (χ0v) is 6.62. The molecule has 12 heavy (non-hydrogen) atoms. The van der Waals surface area contributed by atoms with Gasteiger partial charge in [0.25, 0.3) is 0 Å². The van der Waals surface area contributed by atoms with Gasteiger partial charge in [0, 0.05) is 18.2 Å². The third kappa shape index (κ3) is 1.57. The minimum absolute atomic E-state index is 0.00505. The molecule has 1 rings (SSSR count). The zero-order valence-electron chi connectivity index (χ0n) is 6.62. The highest BCUT2D eigenvalue weighted by molar-refractivity contribution is 5.70. The van der Waals surface area contributed by atoms with Crippen LogP contribution in [-0.4, -0.2) is 16.8 Å². The largest absolute Gasteiger partial charge is 0.508 e. The van der Waals surface area contributed by atoms with E-state index in [1.165, 1.54) is 12.1 Å². The molecule has 0 unspecified atom stereocenters. The molecule has 0 radical (unpaired) electrons. The molecule has 0 atom stereocenters. The first-order chi connectivity index (χ1) is 5.65. The van der Waals surface area contributed by atoms with Crippen LogP contribution in [0.5, 0.6) is 11.5 Å². The minimum atomic E-state index is 0.00505. The molecule has 0 aliphatic rings. The Labute approximate surface area is 70.8 Å². The van der Waals surface area contributed by atoms with Crippen molar-refractivity contribution in [2.24, 2.45) is 5.73 Å². The van der Waals surface area contributed by atoms with E-state index in [1.54, 1.807) is 6.07 Å². The molecular weight excluding hydrogens is 154 g/mol. The van der Waals surface area contributed by atoms with Gasteiger partial charge in [-0.25, -0.2) is 0 Å². The number of phenols is 2. The summed E-state index contributed by atoms with van der Waals surface area (Å²) in [5.74, 6) is 0.0338. The van der Waals surface area contributed by atoms with Crippen LogP contribution in [0.3, 0.4) is 0 Å². The van der Waals surface area contributed by atoms with Gasteiger partial charge in [0.05, 0.1) is 0 Å². The summed E-state index contributed by atoms with van der Waals surface area (Å²) in [6, 6.07) is 4.33. The lowest BCUT2D eigenvalue weighted by atomic mass is 10.1. The zero-order chi connectivity index (χ0) is 9.14. The number of benzene rings is 1. The van der Waals surface area contributed by atoms with Crippen molar-refractivity contribution in [2.75, 3.05) is 6.54 Å². The lowest BCUT2D eigenvalue weighted by Gasteiger charge is -2.05. The lowest BCUT2D eigenvalue weighted by Crippen LogP contribution is -2.00. The molecule has 64 valence electrons. The van der Waals surface area contributed by atoms with E-state index in [4.69, 9.17) is 10.8 Å². The van der Waals surface area contributed by atoms with Crippen LogP contribution < -0.4 is 5.73 Å². The molecule has 0 bridgehead atoms. The van der Waals surface area contributed by atoms with Crippen molar-refractivity contribution < 1.29 is 10.2 Å². The van der Waals surface area contributed by atoms with Crippen LogP contribution in [0.1, 0.15) is 5.56 Å². The molecule has 3 nitrogen and oxygen atoms in total. The van der Waals surface area contributed by atoms with Gasteiger partial charge in [-0.1, -0.05) is 6.58 Å². The van der Waals surface area contributed by atoms with Gasteiger partial charge in [-0.15, -0.1) is 0 Å². The quantitative estimate of drug-likeness (QED) is 0.614. The average molecular weight is 165 g/mol. The summed E-state index contributed by atoms with van der Waals surface area (Å²) in [5.41, 5.74) is 6.56. The standard InChI is InChI=1S/C9H11NO2/c1-6(5-10)8-3-2-7(11)4-9(8)12/h2-4,11-12H,1,5,10H2. The maximum Gasteiger partial charge on any atom is 0.126 e. The predicted molar refractivity (Wildman–Crippen MR) is 47.9 cm³/mol. The highest BCUT2D eigenvalue weighted by atomic mass is 16.3. The van der Waals surface area contributed by atoms with Crippen molar-refractivity contribution in [3.05, 3.63) is 30.3 Å². The molecule has 0 saturated heterocycles. The number of rotatable bonds is 2. The fourth-order valence-electron chi connectivity index (χ4n) is 0.929. The van der Waals surface area contributed by atoms with E-state index in [9.17, 15) is 5.11 Å². The first-order valence-corrected chi connectivity index (χ1v) is 3.55. The topological polar surface area (TPSA) is 66.5 Å². The number of phenolic OH excluding ortho intramolecular Hbond substituents is 2. The van der Waals surface area contributed by atoms with Gasteiger partial charge in [-0.2, -0.15) is 0 Å². The summed E-state index contributed by atoms with van der Waals surface area (Å²) < 4.78 is 0. The van der Waals surface area contributed by atoms with Crippen molar-refractivity contribution >= 4 is 5.57 Å². The van der Waals surface area contributed by atoms with E-state index in [2.05, 4.69) is 6.58 Å². The van der Waals surface area contributed by atoms with Crippen molar-refractivity contribution in [1.29, 1.82) is 0 Å². The molecule has 0 amide bonds. The van der Waals surface area contributed by atoms with Crippen LogP contribution in [0.15, 0.2) is 24.8 Å². The second kappa shape index (κ2) is 3.28. The van der Waals surface area contributed by atoms with E-state index >= 15 is 0 Å². The first-order valence-electron chi connectivity index (χ1n) is 3.55. The third-order valence-corrected chi connectivity index (χ3v) is 1.61. The van der Waals surface area contributed by atoms with Gasteiger partial charge in [-0.05, 0) is 17.7 Å². The summed E-state index contributed by atoms with van der Waals surface area (Å²) in [4.78, 5) is 0. The van der Waals surface area contributed by atoms with Crippen molar-refractivity contribution in [3.63, 3.8) is 0 Å². The van der Waals surface area contributed by atoms with Gasteiger partial charge in [0.1, 0.15) is 11.5 Å². The number of aromatic hydroxyl groups is 2. The molecule has 0 saturated carbocycles. The van der Waals surface area contributed by atoms with Crippen LogP contribution >= 0.6 is 0 Å². The molecule has 4 N–H and O–H groups in total. The molecule has 3 heteroatoms. The number of hydrogen-bond donors (Lipinski definition) is 3. The SMILES string of the molecule is C=C(CN)c1ccc(O)cc1O. The van der Waals surface area contributed by atoms with E-state index in [0.717, 1.165) is 0 Å². The second-order valence-electron chi connectivity index (χ2n) is 2.51. The number of hydrogen-bond acceptors (Lipinski definition) is 3. The summed E-state index contributed by atoms with van der Waals surface area (Å²) >= 11 is 0. The van der Waals surface area contributed by atoms with Crippen LogP contribution in [-0.2, 0) is 0 Å². The summed E-state index contributed by atoms with van der Waals surface area (Å²) in [6.45, 7) is 3.96. The maximum absolute atomic E-state index is 9.32. The van der Waals surface area contributed by atoms with Crippen molar-refractivity contribution in [3.8, 4) is 11.5 Å². The van der Waals surface area contributed by atoms with Crippen molar-refractivity contribution in [2.45, 2.75) is 0 Å². The van der Waals surface area contributed by atoms with E-state index < -0.39 is 0 Å². The van der Waals surface area contributed by atoms with E-state index in [1.807, 2.05) is 0 Å². The Bertz CT molecular complexity index is 307. The fourth-order valence-corrected chi connectivity index (χ4v) is 0.929. The van der Waals surface area contributed by atoms with Gasteiger partial charge in [0.15, 0.2) is 0 Å². The third-order valence-electron chi connectivity index (χ3n) is 1.61. The Kier molecular flexibility index (Phi) is 2.35. The summed E-state index contributed by atoms with van der Waals surface area (Å²) in [7, 11) is 0. The monoisotopic (exact) mass is 165 g/mol. The van der Waals surface area contributed by atoms with Crippen LogP contribution in [0.25, 0.3) is 5.57 Å². The smallest absolute Gasteiger partial charge is 0.126 e. The summed E-state index contributed by atoms with van der Waals surface area (Å²) in [6.07, 6.45) is 0. The van der Waals surface area contributed by atoms with Gasteiger partial charge in [-0.3, -0.25) is 0 Å². The lowest BCUT2D eigenvalue weighted by molar-refractivity contribution is 0.449. The molecule has 0 heterocycles. The molecule has 1 aromatic carbocycles. The Balaban J connectivity index is 3.09. The Morgan fingerprint density at radius 3 is 2.58 bits per heavy atom. The van der Waals surface area contributed by atoms with Crippen LogP contribution in [0.4, 0.5) is 0 Å². The fraction of sp³-hybridized carbons (Fsp3) is 0.111. The first kappa shape index (κ1) is 8.62. The van der Waals surface area contributed by atoms with Crippen LogP contribution in [0.2, 0.25) is 0 Å². The molecule has 0 aliphatic carbocycles. The molecule has 0 fully saturated rings. The molecular formula is C9H11NO2. The Hall–Kier alpha value is -1.48. The Morgan fingerprint density at radius 1 is 1.42 bits per heavy atom. The summed E-state index contributed by atoms with van der Waals surface area (Å²) in [5, 5.41) is 18.3. The maximum atomic E-state index is 9.32. The van der Waals surface area contributed by atoms with Crippen molar-refractivity contribution in [1.82, 2.24) is 0 Å². The average Bonchev–Trinajstić information content (AvgIpc) is 2.03. The van der Waals surface area contributed by atoms with E-state index in [-0.39, 0.29) is 11.5 Å². The minimum Gasteiger partial charge on any atom is -0.508 e. The van der Waals surface area contributed by atoms with E-state index in [0.29, 0.717) is 17.7 Å². The molecule has 0 aromatic heterocycles. The van der Waals surface area contributed by atoms with Gasteiger partial charge in [0.2, 0.25) is 0 Å². The van der Waals surface area contributed by atoms with Gasteiger partial charge < -0.3 is 15.9 Å². The molecule has 0 spiro atoms. The Morgan fingerprint density at radius 2 is 2.08 bits per heavy atom. The molecule has 0 aliphatic heterocycles. The predicted octanol–water partition coefficient (Wildman–Crippen LogP) is 1.07.